The first-order chi connectivity index (χ1) is 8.26. The van der Waals surface area contributed by atoms with Gasteiger partial charge in [0, 0.05) is 33.2 Å². The Labute approximate surface area is 102 Å². The largest absolute Gasteiger partial charge is 0.377 e. The minimum atomic E-state index is 0.0191. The molecule has 5 nitrogen and oxygen atoms in total. The molecule has 2 saturated heterocycles. The van der Waals surface area contributed by atoms with Gasteiger partial charge in [0.1, 0.15) is 12.2 Å². The average molecular weight is 242 g/mol. The van der Waals surface area contributed by atoms with Crippen LogP contribution >= 0.6 is 0 Å². The van der Waals surface area contributed by atoms with Crippen molar-refractivity contribution in [1.82, 2.24) is 10.2 Å². The summed E-state index contributed by atoms with van der Waals surface area (Å²) in [6, 6.07) is 0. The maximum absolute atomic E-state index is 12.3. The van der Waals surface area contributed by atoms with Crippen LogP contribution in [0.1, 0.15) is 12.8 Å². The number of hydrogen-bond donors (Lipinski definition) is 1. The summed E-state index contributed by atoms with van der Waals surface area (Å²) >= 11 is 0. The fraction of sp³-hybridized carbons (Fsp3) is 0.917. The second-order valence-electron chi connectivity index (χ2n) is 4.82. The Balaban J connectivity index is 1.92. The summed E-state index contributed by atoms with van der Waals surface area (Å²) < 4.78 is 10.7. The normalized spacial score (nSPS) is 30.8. The topological polar surface area (TPSA) is 50.8 Å². The Morgan fingerprint density at radius 1 is 1.12 bits per heavy atom. The van der Waals surface area contributed by atoms with Crippen molar-refractivity contribution < 1.29 is 14.3 Å². The van der Waals surface area contributed by atoms with Gasteiger partial charge in [-0.25, -0.2) is 0 Å². The van der Waals surface area contributed by atoms with Crippen LogP contribution in [-0.4, -0.2) is 63.4 Å². The molecule has 0 radical (unpaired) electrons. The number of carbonyl (C=O) groups is 1. The van der Waals surface area contributed by atoms with E-state index in [1.807, 2.05) is 4.90 Å². The zero-order chi connectivity index (χ0) is 12.3. The van der Waals surface area contributed by atoms with Crippen molar-refractivity contribution in [2.24, 2.45) is 5.92 Å². The van der Waals surface area contributed by atoms with E-state index in [-0.39, 0.29) is 24.0 Å². The molecule has 98 valence electrons. The van der Waals surface area contributed by atoms with Crippen LogP contribution in [0.5, 0.6) is 0 Å². The number of piperidine rings is 1. The van der Waals surface area contributed by atoms with Crippen LogP contribution in [-0.2, 0) is 14.3 Å². The summed E-state index contributed by atoms with van der Waals surface area (Å²) in [4.78, 5) is 14.2. The van der Waals surface area contributed by atoms with Gasteiger partial charge in [-0.1, -0.05) is 0 Å². The lowest BCUT2D eigenvalue weighted by molar-refractivity contribution is -0.135. The summed E-state index contributed by atoms with van der Waals surface area (Å²) in [5.41, 5.74) is 0. The third-order valence-electron chi connectivity index (χ3n) is 3.82. The molecule has 2 atom stereocenters. The molecule has 2 heterocycles. The van der Waals surface area contributed by atoms with Crippen molar-refractivity contribution in [2.75, 3.05) is 40.4 Å². The monoisotopic (exact) mass is 242 g/mol. The van der Waals surface area contributed by atoms with E-state index in [0.29, 0.717) is 13.1 Å². The van der Waals surface area contributed by atoms with E-state index in [9.17, 15) is 4.79 Å². The number of amides is 1. The third-order valence-corrected chi connectivity index (χ3v) is 3.82. The summed E-state index contributed by atoms with van der Waals surface area (Å²) in [5, 5.41) is 3.28. The number of carbonyl (C=O) groups excluding carboxylic acids is 1. The van der Waals surface area contributed by atoms with Crippen molar-refractivity contribution in [2.45, 2.75) is 25.0 Å². The molecule has 0 aromatic carbocycles. The van der Waals surface area contributed by atoms with Gasteiger partial charge in [0.15, 0.2) is 0 Å². The SMILES string of the molecule is CO[C@H]1CN(C(=O)C2CCNCC2)C[C@H]1OC. The van der Waals surface area contributed by atoms with Gasteiger partial charge in [-0.15, -0.1) is 0 Å². The first kappa shape index (κ1) is 12.8. The second-order valence-corrected chi connectivity index (χ2v) is 4.82. The van der Waals surface area contributed by atoms with Crippen LogP contribution in [0, 0.1) is 5.92 Å². The zero-order valence-electron chi connectivity index (χ0n) is 10.6. The van der Waals surface area contributed by atoms with E-state index in [2.05, 4.69) is 5.32 Å². The first-order valence-electron chi connectivity index (χ1n) is 6.31. The highest BCUT2D eigenvalue weighted by atomic mass is 16.5. The second kappa shape index (κ2) is 5.80. The Hall–Kier alpha value is -0.650. The predicted octanol–water partition coefficient (Wildman–Crippen LogP) is -0.142. The molecule has 0 spiro atoms. The van der Waals surface area contributed by atoms with Gasteiger partial charge in [-0.3, -0.25) is 4.79 Å². The highest BCUT2D eigenvalue weighted by molar-refractivity contribution is 5.79. The number of ether oxygens (including phenoxy) is 2. The van der Waals surface area contributed by atoms with Crippen LogP contribution in [0.15, 0.2) is 0 Å². The summed E-state index contributed by atoms with van der Waals surface area (Å²) in [6.45, 7) is 3.23. The molecule has 1 N–H and O–H groups in total. The highest BCUT2D eigenvalue weighted by Crippen LogP contribution is 2.21. The molecule has 5 heteroatoms. The molecule has 0 aliphatic carbocycles. The molecule has 17 heavy (non-hydrogen) atoms. The van der Waals surface area contributed by atoms with E-state index < -0.39 is 0 Å². The van der Waals surface area contributed by atoms with Gasteiger partial charge in [0.2, 0.25) is 5.91 Å². The Morgan fingerprint density at radius 2 is 1.65 bits per heavy atom. The lowest BCUT2D eigenvalue weighted by atomic mass is 9.97. The van der Waals surface area contributed by atoms with E-state index in [1.165, 1.54) is 0 Å². The van der Waals surface area contributed by atoms with Crippen LogP contribution in [0.4, 0.5) is 0 Å². The van der Waals surface area contributed by atoms with E-state index >= 15 is 0 Å². The fourth-order valence-electron chi connectivity index (χ4n) is 2.70. The maximum atomic E-state index is 12.3. The highest BCUT2D eigenvalue weighted by Gasteiger charge is 2.37. The quantitative estimate of drug-likeness (QED) is 0.748. The molecule has 2 fully saturated rings. The predicted molar refractivity (Wildman–Crippen MR) is 63.8 cm³/mol. The van der Waals surface area contributed by atoms with Crippen LogP contribution < -0.4 is 5.32 Å². The summed E-state index contributed by atoms with van der Waals surface area (Å²) in [6.07, 6.45) is 1.94. The van der Waals surface area contributed by atoms with E-state index in [4.69, 9.17) is 9.47 Å². The number of hydrogen-bond acceptors (Lipinski definition) is 4. The van der Waals surface area contributed by atoms with Gasteiger partial charge in [0.25, 0.3) is 0 Å². The summed E-state index contributed by atoms with van der Waals surface area (Å²) in [5.74, 6) is 0.456. The molecule has 2 rings (SSSR count). The van der Waals surface area contributed by atoms with Crippen molar-refractivity contribution in [3.63, 3.8) is 0 Å². The molecule has 1 amide bonds. The number of methoxy groups -OCH3 is 2. The van der Waals surface area contributed by atoms with Crippen molar-refractivity contribution in [1.29, 1.82) is 0 Å². The third kappa shape index (κ3) is 2.78. The van der Waals surface area contributed by atoms with Gasteiger partial charge < -0.3 is 19.7 Å². The smallest absolute Gasteiger partial charge is 0.225 e. The van der Waals surface area contributed by atoms with Crippen LogP contribution in [0.25, 0.3) is 0 Å². The van der Waals surface area contributed by atoms with Crippen LogP contribution in [0.3, 0.4) is 0 Å². The van der Waals surface area contributed by atoms with Crippen molar-refractivity contribution in [3.8, 4) is 0 Å². The molecule has 0 saturated carbocycles. The van der Waals surface area contributed by atoms with Gasteiger partial charge in [-0.2, -0.15) is 0 Å². The standard InChI is InChI=1S/C12H22N2O3/c1-16-10-7-14(8-11(10)17-2)12(15)9-3-5-13-6-4-9/h9-11,13H,3-8H2,1-2H3/t10-,11+. The number of nitrogens with zero attached hydrogens (tertiary/aromatic N) is 1. The number of rotatable bonds is 3. The molecule has 2 aliphatic heterocycles. The molecule has 0 aromatic heterocycles. The first-order valence-corrected chi connectivity index (χ1v) is 6.31. The minimum Gasteiger partial charge on any atom is -0.377 e. The fourth-order valence-corrected chi connectivity index (χ4v) is 2.70. The van der Waals surface area contributed by atoms with Crippen molar-refractivity contribution >= 4 is 5.91 Å². The summed E-state index contributed by atoms with van der Waals surface area (Å²) in [7, 11) is 3.35. The molecule has 0 aromatic rings. The molecule has 0 bridgehead atoms. The van der Waals surface area contributed by atoms with Crippen molar-refractivity contribution in [3.05, 3.63) is 0 Å². The van der Waals surface area contributed by atoms with Gasteiger partial charge in [0.05, 0.1) is 0 Å². The average Bonchev–Trinajstić information content (AvgIpc) is 2.82. The van der Waals surface area contributed by atoms with Gasteiger partial charge >= 0.3 is 0 Å². The molecule has 0 unspecified atom stereocenters. The van der Waals surface area contributed by atoms with Gasteiger partial charge in [-0.05, 0) is 25.9 Å². The van der Waals surface area contributed by atoms with Crippen LogP contribution in [0.2, 0.25) is 0 Å². The van der Waals surface area contributed by atoms with E-state index in [1.54, 1.807) is 14.2 Å². The zero-order valence-corrected chi connectivity index (χ0v) is 10.6. The maximum Gasteiger partial charge on any atom is 0.225 e. The Bertz CT molecular complexity index is 254. The minimum absolute atomic E-state index is 0.0191. The number of nitrogens with one attached hydrogen (secondary N) is 1. The molecular weight excluding hydrogens is 220 g/mol. The molecular formula is C12H22N2O3. The molecule has 2 aliphatic rings. The lowest BCUT2D eigenvalue weighted by Crippen LogP contribution is -2.40. The number of likely N-dealkylation sites (tertiary alicyclic amines) is 1. The lowest BCUT2D eigenvalue weighted by Gasteiger charge is -2.26. The Kier molecular flexibility index (Phi) is 4.36. The Morgan fingerprint density at radius 3 is 2.12 bits per heavy atom. The van der Waals surface area contributed by atoms with E-state index in [0.717, 1.165) is 25.9 Å².